The van der Waals surface area contributed by atoms with Crippen LogP contribution in [-0.4, -0.2) is 7.69 Å². The predicted octanol–water partition coefficient (Wildman–Crippen LogP) is 6.75. The maximum Gasteiger partial charge on any atom is 0.658 e. The van der Waals surface area contributed by atoms with E-state index in [1.807, 2.05) is 0 Å². The van der Waals surface area contributed by atoms with Gasteiger partial charge in [0, 0.05) is 0 Å². The largest absolute Gasteiger partial charge is 0.658 e. The summed E-state index contributed by atoms with van der Waals surface area (Å²) in [6.45, 7) is 0. The van der Waals surface area contributed by atoms with E-state index in [0.29, 0.717) is 0 Å². The molecule has 0 bridgehead atoms. The minimum Gasteiger partial charge on any atom is -0.526 e. The van der Waals surface area contributed by atoms with E-state index in [-0.39, 0.29) is 44.1 Å². The fraction of sp³-hybridized carbons (Fsp3) is 0.250. The molecule has 0 aliphatic carbocycles. The van der Waals surface area contributed by atoms with Crippen LogP contribution in [0.5, 0.6) is 11.5 Å². The molecular weight excluding hydrogens is 463 g/mol. The van der Waals surface area contributed by atoms with Crippen LogP contribution in [-0.2, 0) is 24.7 Å². The molecule has 0 saturated heterocycles. The van der Waals surface area contributed by atoms with Gasteiger partial charge < -0.3 is 9.31 Å². The Morgan fingerprint density at radius 2 is 0.645 bits per heavy atom. The Hall–Kier alpha value is -2.74. The van der Waals surface area contributed by atoms with Gasteiger partial charge in [0.1, 0.15) is 11.5 Å². The summed E-state index contributed by atoms with van der Waals surface area (Å²) in [6, 6.07) is 0.0851. The SMILES string of the molecule is FC(F)(F)c1cc(O[B]Oc2cc(C(F)(F)F)cc(C(F)(F)F)c2)cc(C(F)(F)F)c1. The van der Waals surface area contributed by atoms with Crippen LogP contribution >= 0.6 is 0 Å². The molecular formula is C16H6BF12O2. The third-order valence-electron chi connectivity index (χ3n) is 3.49. The van der Waals surface area contributed by atoms with Gasteiger partial charge >= 0.3 is 32.4 Å². The van der Waals surface area contributed by atoms with Crippen LogP contribution in [0.15, 0.2) is 36.4 Å². The summed E-state index contributed by atoms with van der Waals surface area (Å²) in [5.41, 5.74) is -7.04. The highest BCUT2D eigenvalue weighted by Gasteiger charge is 2.38. The first-order valence-corrected chi connectivity index (χ1v) is 7.61. The summed E-state index contributed by atoms with van der Waals surface area (Å²) < 4.78 is 162. The topological polar surface area (TPSA) is 18.5 Å². The smallest absolute Gasteiger partial charge is 0.526 e. The van der Waals surface area contributed by atoms with Crippen LogP contribution in [0.25, 0.3) is 0 Å². The summed E-state index contributed by atoms with van der Waals surface area (Å²) in [5.74, 6) is -2.16. The Kier molecular flexibility index (Phi) is 6.39. The fourth-order valence-electron chi connectivity index (χ4n) is 2.12. The molecule has 2 nitrogen and oxygen atoms in total. The van der Waals surface area contributed by atoms with E-state index in [2.05, 4.69) is 9.31 Å². The van der Waals surface area contributed by atoms with Gasteiger partial charge in [-0.1, -0.05) is 0 Å². The van der Waals surface area contributed by atoms with Crippen LogP contribution < -0.4 is 9.31 Å². The summed E-state index contributed by atoms with van der Waals surface area (Å²) in [4.78, 5) is 0. The number of benzene rings is 2. The monoisotopic (exact) mass is 469 g/mol. The normalized spacial score (nSPS) is 13.2. The number of rotatable bonds is 4. The number of alkyl halides is 12. The van der Waals surface area contributed by atoms with Crippen molar-refractivity contribution < 1.29 is 62.0 Å². The van der Waals surface area contributed by atoms with Crippen molar-refractivity contribution in [2.75, 3.05) is 0 Å². The lowest BCUT2D eigenvalue weighted by Crippen LogP contribution is -2.16. The second kappa shape index (κ2) is 8.07. The number of halogens is 12. The first-order chi connectivity index (χ1) is 13.9. The molecule has 1 radical (unpaired) electrons. The lowest BCUT2D eigenvalue weighted by Gasteiger charge is -2.16. The van der Waals surface area contributed by atoms with Crippen LogP contribution in [0.4, 0.5) is 52.7 Å². The zero-order valence-electron chi connectivity index (χ0n) is 14.4. The molecule has 0 aromatic heterocycles. The molecule has 0 aliphatic heterocycles. The van der Waals surface area contributed by atoms with Gasteiger partial charge in [0.25, 0.3) is 0 Å². The van der Waals surface area contributed by atoms with Crippen molar-refractivity contribution in [1.82, 2.24) is 0 Å². The molecule has 0 atom stereocenters. The van der Waals surface area contributed by atoms with Crippen molar-refractivity contribution >= 4 is 7.69 Å². The summed E-state index contributed by atoms with van der Waals surface area (Å²) in [5, 5.41) is 0. The van der Waals surface area contributed by atoms with E-state index in [4.69, 9.17) is 0 Å². The lowest BCUT2D eigenvalue weighted by atomic mass is 10.1. The zero-order chi connectivity index (χ0) is 23.8. The van der Waals surface area contributed by atoms with E-state index in [1.165, 1.54) is 0 Å². The van der Waals surface area contributed by atoms with Crippen molar-refractivity contribution in [3.05, 3.63) is 58.7 Å². The Labute approximate surface area is 165 Å². The minimum atomic E-state index is -5.21. The quantitative estimate of drug-likeness (QED) is 0.365. The van der Waals surface area contributed by atoms with E-state index in [0.717, 1.165) is 0 Å². The second-order valence-electron chi connectivity index (χ2n) is 5.82. The highest BCUT2D eigenvalue weighted by Crippen LogP contribution is 2.39. The standard InChI is InChI=1S/C16H6BF12O2/c18-13(19,20)7-1-8(14(21,22)23)4-11(3-7)30-17-31-12-5-9(15(24,25)26)2-10(6-12)16(27,28)29/h1-6H. The van der Waals surface area contributed by atoms with Gasteiger partial charge in [-0.3, -0.25) is 0 Å². The van der Waals surface area contributed by atoms with Gasteiger partial charge in [0.2, 0.25) is 0 Å². The van der Waals surface area contributed by atoms with E-state index in [1.54, 1.807) is 0 Å². The number of hydrogen-bond donors (Lipinski definition) is 0. The molecule has 0 unspecified atom stereocenters. The summed E-state index contributed by atoms with van der Waals surface area (Å²) in [7, 11) is -0.00865. The molecule has 2 rings (SSSR count). The van der Waals surface area contributed by atoms with Crippen molar-refractivity contribution in [2.24, 2.45) is 0 Å². The van der Waals surface area contributed by atoms with E-state index < -0.39 is 58.5 Å². The lowest BCUT2D eigenvalue weighted by molar-refractivity contribution is -0.144. The molecule has 0 heterocycles. The van der Waals surface area contributed by atoms with Crippen molar-refractivity contribution in [2.45, 2.75) is 24.7 Å². The Bertz CT molecular complexity index is 788. The molecule has 0 N–H and O–H groups in total. The van der Waals surface area contributed by atoms with Crippen LogP contribution in [0, 0.1) is 0 Å². The van der Waals surface area contributed by atoms with Crippen LogP contribution in [0.1, 0.15) is 22.3 Å². The van der Waals surface area contributed by atoms with Crippen molar-refractivity contribution in [3.8, 4) is 11.5 Å². The Balaban J connectivity index is 2.29. The van der Waals surface area contributed by atoms with Gasteiger partial charge in [-0.15, -0.1) is 0 Å². The highest BCUT2D eigenvalue weighted by atomic mass is 19.4. The highest BCUT2D eigenvalue weighted by molar-refractivity contribution is 6.20. The van der Waals surface area contributed by atoms with Gasteiger partial charge in [-0.05, 0) is 36.4 Å². The molecule has 0 aliphatic rings. The van der Waals surface area contributed by atoms with Gasteiger partial charge in [-0.2, -0.15) is 52.7 Å². The molecule has 0 amide bonds. The molecule has 31 heavy (non-hydrogen) atoms. The second-order valence-corrected chi connectivity index (χ2v) is 5.82. The van der Waals surface area contributed by atoms with E-state index in [9.17, 15) is 52.7 Å². The Morgan fingerprint density at radius 1 is 0.419 bits per heavy atom. The molecule has 2 aromatic rings. The molecule has 2 aromatic carbocycles. The molecule has 0 fully saturated rings. The molecule has 0 spiro atoms. The zero-order valence-corrected chi connectivity index (χ0v) is 14.4. The van der Waals surface area contributed by atoms with E-state index >= 15 is 0 Å². The summed E-state index contributed by atoms with van der Waals surface area (Å²) >= 11 is 0. The third kappa shape index (κ3) is 6.62. The fourth-order valence-corrected chi connectivity index (χ4v) is 2.12. The summed E-state index contributed by atoms with van der Waals surface area (Å²) in [6.07, 6.45) is -20.8. The van der Waals surface area contributed by atoms with Gasteiger partial charge in [-0.25, -0.2) is 0 Å². The maximum absolute atomic E-state index is 12.8. The average Bonchev–Trinajstić information content (AvgIpc) is 2.58. The first kappa shape index (κ1) is 24.5. The minimum absolute atomic E-state index is 0.00865. The molecule has 0 saturated carbocycles. The van der Waals surface area contributed by atoms with Crippen LogP contribution in [0.2, 0.25) is 0 Å². The van der Waals surface area contributed by atoms with Crippen LogP contribution in [0.3, 0.4) is 0 Å². The van der Waals surface area contributed by atoms with Gasteiger partial charge in [0.05, 0.1) is 22.3 Å². The first-order valence-electron chi connectivity index (χ1n) is 7.61. The van der Waals surface area contributed by atoms with Crippen molar-refractivity contribution in [1.29, 1.82) is 0 Å². The average molecular weight is 469 g/mol. The number of hydrogen-bond acceptors (Lipinski definition) is 2. The predicted molar refractivity (Wildman–Crippen MR) is 79.9 cm³/mol. The van der Waals surface area contributed by atoms with Crippen molar-refractivity contribution in [3.63, 3.8) is 0 Å². The van der Waals surface area contributed by atoms with Gasteiger partial charge in [0.15, 0.2) is 0 Å². The maximum atomic E-state index is 12.8. The molecule has 169 valence electrons. The third-order valence-corrected chi connectivity index (χ3v) is 3.49. The molecule has 15 heteroatoms. The Morgan fingerprint density at radius 3 is 0.839 bits per heavy atom.